The third-order valence-electron chi connectivity index (χ3n) is 3.24. The van der Waals surface area contributed by atoms with Gasteiger partial charge in [-0.1, -0.05) is 11.6 Å². The van der Waals surface area contributed by atoms with Gasteiger partial charge < -0.3 is 9.88 Å². The van der Waals surface area contributed by atoms with E-state index in [0.717, 1.165) is 24.0 Å². The average Bonchev–Trinajstić information content (AvgIpc) is 2.85. The first-order valence-corrected chi connectivity index (χ1v) is 7.41. The molecule has 0 aliphatic heterocycles. The number of rotatable bonds is 5. The van der Waals surface area contributed by atoms with Gasteiger partial charge in [-0.3, -0.25) is 0 Å². The van der Waals surface area contributed by atoms with Gasteiger partial charge in [0.1, 0.15) is 0 Å². The predicted molar refractivity (Wildman–Crippen MR) is 79.5 cm³/mol. The highest BCUT2D eigenvalue weighted by Gasteiger charge is 2.07. The van der Waals surface area contributed by atoms with Crippen LogP contribution in [0.1, 0.15) is 28.8 Å². The van der Waals surface area contributed by atoms with Crippen molar-refractivity contribution in [3.8, 4) is 0 Å². The molecule has 0 saturated heterocycles. The molecule has 0 aliphatic carbocycles. The zero-order chi connectivity index (χ0) is 13.1. The number of halogens is 1. The first-order valence-electron chi connectivity index (χ1n) is 6.22. The molecule has 0 radical (unpaired) electrons. The lowest BCUT2D eigenvalue weighted by Crippen LogP contribution is -2.12. The third kappa shape index (κ3) is 2.97. The van der Waals surface area contributed by atoms with Crippen molar-refractivity contribution in [2.24, 2.45) is 0 Å². The SMILES string of the molecule is CCn1c(C)cc(CNCc2ccc(Cl)s2)c1C. The van der Waals surface area contributed by atoms with Crippen LogP contribution < -0.4 is 5.32 Å². The van der Waals surface area contributed by atoms with Crippen molar-refractivity contribution < 1.29 is 0 Å². The molecule has 0 aromatic carbocycles. The van der Waals surface area contributed by atoms with E-state index in [1.165, 1.54) is 21.8 Å². The Balaban J connectivity index is 1.94. The second-order valence-corrected chi connectivity index (χ2v) is 6.25. The summed E-state index contributed by atoms with van der Waals surface area (Å²) in [5, 5.41) is 3.48. The van der Waals surface area contributed by atoms with E-state index >= 15 is 0 Å². The van der Waals surface area contributed by atoms with E-state index < -0.39 is 0 Å². The van der Waals surface area contributed by atoms with Gasteiger partial charge >= 0.3 is 0 Å². The maximum atomic E-state index is 5.91. The van der Waals surface area contributed by atoms with Gasteiger partial charge in [-0.05, 0) is 44.5 Å². The van der Waals surface area contributed by atoms with Crippen molar-refractivity contribution in [2.45, 2.75) is 40.4 Å². The third-order valence-corrected chi connectivity index (χ3v) is 4.47. The molecule has 2 aromatic heterocycles. The second-order valence-electron chi connectivity index (χ2n) is 4.45. The lowest BCUT2D eigenvalue weighted by Gasteiger charge is -2.06. The topological polar surface area (TPSA) is 17.0 Å². The summed E-state index contributed by atoms with van der Waals surface area (Å²) < 4.78 is 3.20. The van der Waals surface area contributed by atoms with Crippen molar-refractivity contribution in [1.82, 2.24) is 9.88 Å². The highest BCUT2D eigenvalue weighted by molar-refractivity contribution is 7.16. The van der Waals surface area contributed by atoms with Crippen molar-refractivity contribution in [1.29, 1.82) is 0 Å². The molecule has 0 fully saturated rings. The number of hydrogen-bond acceptors (Lipinski definition) is 2. The number of aryl methyl sites for hydroxylation is 1. The highest BCUT2D eigenvalue weighted by Crippen LogP contribution is 2.21. The monoisotopic (exact) mass is 282 g/mol. The molecule has 2 nitrogen and oxygen atoms in total. The zero-order valence-electron chi connectivity index (χ0n) is 11.1. The van der Waals surface area contributed by atoms with E-state index in [0.29, 0.717) is 0 Å². The van der Waals surface area contributed by atoms with E-state index in [1.54, 1.807) is 11.3 Å². The Labute approximate surface area is 118 Å². The second kappa shape index (κ2) is 5.91. The lowest BCUT2D eigenvalue weighted by molar-refractivity contribution is 0.680. The van der Waals surface area contributed by atoms with Crippen LogP contribution in [0.4, 0.5) is 0 Å². The smallest absolute Gasteiger partial charge is 0.0931 e. The van der Waals surface area contributed by atoms with Gasteiger partial charge in [-0.2, -0.15) is 0 Å². The first-order chi connectivity index (χ1) is 8.61. The van der Waals surface area contributed by atoms with Gasteiger partial charge in [-0.15, -0.1) is 11.3 Å². The molecule has 0 unspecified atom stereocenters. The molecule has 0 amide bonds. The van der Waals surface area contributed by atoms with Crippen LogP contribution in [0.2, 0.25) is 4.34 Å². The van der Waals surface area contributed by atoms with Gasteiger partial charge in [0.05, 0.1) is 4.34 Å². The molecular formula is C14H19ClN2S. The van der Waals surface area contributed by atoms with E-state index in [-0.39, 0.29) is 0 Å². The number of nitrogens with zero attached hydrogens (tertiary/aromatic N) is 1. The van der Waals surface area contributed by atoms with E-state index in [1.807, 2.05) is 6.07 Å². The minimum Gasteiger partial charge on any atom is -0.349 e. The number of thiophene rings is 1. The fraction of sp³-hybridized carbons (Fsp3) is 0.429. The van der Waals surface area contributed by atoms with Gasteiger partial charge in [0.2, 0.25) is 0 Å². The molecule has 0 bridgehead atoms. The molecule has 2 rings (SSSR count). The lowest BCUT2D eigenvalue weighted by atomic mass is 10.2. The molecule has 4 heteroatoms. The quantitative estimate of drug-likeness (QED) is 0.872. The minimum absolute atomic E-state index is 0.857. The fourth-order valence-corrected chi connectivity index (χ4v) is 3.36. The molecule has 0 saturated carbocycles. The van der Waals surface area contributed by atoms with Crippen LogP contribution in [0.5, 0.6) is 0 Å². The maximum absolute atomic E-state index is 5.91. The van der Waals surface area contributed by atoms with Crippen LogP contribution in [-0.2, 0) is 19.6 Å². The molecule has 2 aromatic rings. The number of hydrogen-bond donors (Lipinski definition) is 1. The van der Waals surface area contributed by atoms with E-state index in [4.69, 9.17) is 11.6 Å². The van der Waals surface area contributed by atoms with Crippen molar-refractivity contribution in [3.05, 3.63) is 44.4 Å². The summed E-state index contributed by atoms with van der Waals surface area (Å²) in [5.74, 6) is 0. The van der Waals surface area contributed by atoms with Crippen LogP contribution in [0.3, 0.4) is 0 Å². The minimum atomic E-state index is 0.857. The van der Waals surface area contributed by atoms with Crippen LogP contribution >= 0.6 is 22.9 Å². The molecule has 1 N–H and O–H groups in total. The normalized spacial score (nSPS) is 11.1. The van der Waals surface area contributed by atoms with Crippen molar-refractivity contribution >= 4 is 22.9 Å². The van der Waals surface area contributed by atoms with Gasteiger partial charge in [0, 0.05) is 35.9 Å². The molecule has 18 heavy (non-hydrogen) atoms. The van der Waals surface area contributed by atoms with Gasteiger partial charge in [-0.25, -0.2) is 0 Å². The summed E-state index contributed by atoms with van der Waals surface area (Å²) in [6, 6.07) is 6.30. The molecule has 0 aliphatic rings. The highest BCUT2D eigenvalue weighted by atomic mass is 35.5. The molecular weight excluding hydrogens is 264 g/mol. The Kier molecular flexibility index (Phi) is 4.49. The Morgan fingerprint density at radius 3 is 2.61 bits per heavy atom. The first kappa shape index (κ1) is 13.7. The molecule has 98 valence electrons. The van der Waals surface area contributed by atoms with E-state index in [2.05, 4.69) is 42.8 Å². The van der Waals surface area contributed by atoms with Crippen LogP contribution in [-0.4, -0.2) is 4.57 Å². The Morgan fingerprint density at radius 1 is 1.28 bits per heavy atom. The Hall–Kier alpha value is -0.770. The summed E-state index contributed by atoms with van der Waals surface area (Å²) in [5.41, 5.74) is 4.09. The average molecular weight is 283 g/mol. The Bertz CT molecular complexity index is 528. The largest absolute Gasteiger partial charge is 0.349 e. The summed E-state index contributed by atoms with van der Waals surface area (Å²) in [7, 11) is 0. The summed E-state index contributed by atoms with van der Waals surface area (Å²) in [6.07, 6.45) is 0. The van der Waals surface area contributed by atoms with Gasteiger partial charge in [0.15, 0.2) is 0 Å². The zero-order valence-corrected chi connectivity index (χ0v) is 12.7. The molecule has 0 atom stereocenters. The fourth-order valence-electron chi connectivity index (χ4n) is 2.31. The summed E-state index contributed by atoms with van der Waals surface area (Å²) in [4.78, 5) is 1.28. The summed E-state index contributed by atoms with van der Waals surface area (Å²) in [6.45, 7) is 9.37. The van der Waals surface area contributed by atoms with Crippen molar-refractivity contribution in [3.63, 3.8) is 0 Å². The molecule has 0 spiro atoms. The standard InChI is InChI=1S/C14H19ClN2S/c1-4-17-10(2)7-12(11(17)3)8-16-9-13-5-6-14(15)18-13/h5-7,16H,4,8-9H2,1-3H3. The van der Waals surface area contributed by atoms with E-state index in [9.17, 15) is 0 Å². The van der Waals surface area contributed by atoms with Crippen molar-refractivity contribution in [2.75, 3.05) is 0 Å². The van der Waals surface area contributed by atoms with Crippen LogP contribution in [0, 0.1) is 13.8 Å². The maximum Gasteiger partial charge on any atom is 0.0931 e. The summed E-state index contributed by atoms with van der Waals surface area (Å²) >= 11 is 7.55. The number of nitrogens with one attached hydrogen (secondary N) is 1. The predicted octanol–water partition coefficient (Wildman–Crippen LogP) is 4.13. The van der Waals surface area contributed by atoms with Crippen LogP contribution in [0.25, 0.3) is 0 Å². The van der Waals surface area contributed by atoms with Gasteiger partial charge in [0.25, 0.3) is 0 Å². The Morgan fingerprint density at radius 2 is 2.06 bits per heavy atom. The number of aromatic nitrogens is 1. The molecule has 2 heterocycles. The van der Waals surface area contributed by atoms with Crippen LogP contribution in [0.15, 0.2) is 18.2 Å².